The fraction of sp³-hybridized carbons (Fsp3) is 0.517. The van der Waals surface area contributed by atoms with Crippen LogP contribution in [-0.4, -0.2) is 70.2 Å². The summed E-state index contributed by atoms with van der Waals surface area (Å²) in [7, 11) is -4.14. The van der Waals surface area contributed by atoms with Crippen LogP contribution in [-0.2, 0) is 39.8 Å². The first kappa shape index (κ1) is 30.1. The van der Waals surface area contributed by atoms with E-state index in [9.17, 15) is 18.0 Å². The van der Waals surface area contributed by atoms with Crippen molar-refractivity contribution >= 4 is 27.7 Å². The highest BCUT2D eigenvalue weighted by Crippen LogP contribution is 2.35. The van der Waals surface area contributed by atoms with Crippen molar-refractivity contribution in [2.75, 3.05) is 38.1 Å². The lowest BCUT2D eigenvalue weighted by Gasteiger charge is -2.36. The lowest BCUT2D eigenvalue weighted by atomic mass is 9.97. The van der Waals surface area contributed by atoms with Gasteiger partial charge in [0.25, 0.3) is 10.1 Å². The molecule has 2 aromatic rings. The number of rotatable bonds is 11. The Kier molecular flexibility index (Phi) is 10.3. The van der Waals surface area contributed by atoms with Gasteiger partial charge in [-0.2, -0.15) is 8.42 Å². The van der Waals surface area contributed by atoms with Crippen molar-refractivity contribution in [3.8, 4) is 0 Å². The van der Waals surface area contributed by atoms with E-state index in [1.165, 1.54) is 12.1 Å². The van der Waals surface area contributed by atoms with Gasteiger partial charge in [-0.25, -0.2) is 4.18 Å². The van der Waals surface area contributed by atoms with E-state index >= 15 is 0 Å². The predicted octanol–water partition coefficient (Wildman–Crippen LogP) is 3.31. The molecule has 1 amide bonds. The molecule has 0 spiro atoms. The topological polar surface area (TPSA) is 123 Å². The Labute approximate surface area is 236 Å². The molecule has 10 nitrogen and oxygen atoms in total. The fourth-order valence-electron chi connectivity index (χ4n) is 4.84. The minimum absolute atomic E-state index is 0.0453. The third-order valence-electron chi connectivity index (χ3n) is 6.93. The Balaban J connectivity index is 1.53. The minimum Gasteiger partial charge on any atom is -0.463 e. The molecular formula is C29H39N3O7S. The van der Waals surface area contributed by atoms with E-state index in [2.05, 4.69) is 10.6 Å². The average molecular weight is 574 g/mol. The molecule has 2 aliphatic heterocycles. The monoisotopic (exact) mass is 573 g/mol. The van der Waals surface area contributed by atoms with E-state index in [1.54, 1.807) is 38.1 Å². The van der Waals surface area contributed by atoms with E-state index in [-0.39, 0.29) is 48.6 Å². The smallest absolute Gasteiger partial charge is 0.307 e. The van der Waals surface area contributed by atoms with Crippen molar-refractivity contribution < 1.29 is 31.7 Å². The van der Waals surface area contributed by atoms with Crippen molar-refractivity contribution in [2.45, 2.75) is 69.8 Å². The predicted molar refractivity (Wildman–Crippen MR) is 150 cm³/mol. The Morgan fingerprint density at radius 2 is 1.82 bits per heavy atom. The zero-order valence-electron chi connectivity index (χ0n) is 23.4. The summed E-state index contributed by atoms with van der Waals surface area (Å²) in [6.45, 7) is 7.86. The standard InChI is InChI=1S/C29H39N3O7S/c1-20(2)38-28(34)13-17-32-16-12-22-6-7-23(31-27(33)19-37-24-10-14-30-15-11-24)18-26(22)29(32)39-40(35,36)25-8-4-21(3)5-9-25/h4-9,18,20,24,29-30H,10-17,19H2,1-3H3,(H,31,33). The molecule has 11 heteroatoms. The van der Waals surface area contributed by atoms with Gasteiger partial charge in [0, 0.05) is 24.3 Å². The Morgan fingerprint density at radius 3 is 2.52 bits per heavy atom. The van der Waals surface area contributed by atoms with Crippen LogP contribution in [0.2, 0.25) is 0 Å². The second kappa shape index (κ2) is 13.7. The van der Waals surface area contributed by atoms with Gasteiger partial charge in [0.2, 0.25) is 5.91 Å². The summed E-state index contributed by atoms with van der Waals surface area (Å²) in [5.41, 5.74) is 2.97. The van der Waals surface area contributed by atoms with Gasteiger partial charge in [-0.1, -0.05) is 23.8 Å². The number of esters is 1. The SMILES string of the molecule is Cc1ccc(S(=O)(=O)OC2c3cc(NC(=O)COC4CCNCC4)ccc3CCN2CCC(=O)OC(C)C)cc1. The highest BCUT2D eigenvalue weighted by Gasteiger charge is 2.34. The first-order valence-corrected chi connectivity index (χ1v) is 15.2. The molecular weight excluding hydrogens is 534 g/mol. The molecule has 1 fully saturated rings. The maximum atomic E-state index is 13.3. The molecule has 218 valence electrons. The number of fused-ring (bicyclic) bond motifs is 1. The summed E-state index contributed by atoms with van der Waals surface area (Å²) in [6, 6.07) is 11.9. The highest BCUT2D eigenvalue weighted by atomic mass is 32.2. The van der Waals surface area contributed by atoms with Crippen LogP contribution in [0.5, 0.6) is 0 Å². The van der Waals surface area contributed by atoms with Gasteiger partial charge in [-0.3, -0.25) is 14.5 Å². The molecule has 40 heavy (non-hydrogen) atoms. The van der Waals surface area contributed by atoms with Crippen LogP contribution < -0.4 is 10.6 Å². The van der Waals surface area contributed by atoms with Crippen molar-refractivity contribution in [3.63, 3.8) is 0 Å². The molecule has 0 bridgehead atoms. The Morgan fingerprint density at radius 1 is 1.10 bits per heavy atom. The fourth-order valence-corrected chi connectivity index (χ4v) is 5.89. The zero-order chi connectivity index (χ0) is 28.7. The van der Waals surface area contributed by atoms with Gasteiger partial charge in [0.05, 0.1) is 23.5 Å². The van der Waals surface area contributed by atoms with Gasteiger partial charge < -0.3 is 20.1 Å². The number of amides is 1. The molecule has 4 rings (SSSR count). The summed E-state index contributed by atoms with van der Waals surface area (Å²) < 4.78 is 43.5. The summed E-state index contributed by atoms with van der Waals surface area (Å²) in [6.07, 6.45) is 1.27. The number of benzene rings is 2. The van der Waals surface area contributed by atoms with Gasteiger partial charge in [0.1, 0.15) is 6.61 Å². The van der Waals surface area contributed by atoms with E-state index in [0.717, 1.165) is 37.1 Å². The number of piperidine rings is 1. The van der Waals surface area contributed by atoms with Gasteiger partial charge in [-0.15, -0.1) is 0 Å². The third-order valence-corrected chi connectivity index (χ3v) is 8.21. The van der Waals surface area contributed by atoms with Crippen LogP contribution in [0.15, 0.2) is 47.4 Å². The number of aryl methyl sites for hydroxylation is 1. The second-order valence-corrected chi connectivity index (χ2v) is 12.1. The molecule has 1 saturated heterocycles. The van der Waals surface area contributed by atoms with Crippen LogP contribution in [0.25, 0.3) is 0 Å². The third kappa shape index (κ3) is 8.34. The number of anilines is 1. The van der Waals surface area contributed by atoms with E-state index in [1.807, 2.05) is 17.9 Å². The van der Waals surface area contributed by atoms with Crippen molar-refractivity contribution in [1.82, 2.24) is 10.2 Å². The molecule has 2 heterocycles. The van der Waals surface area contributed by atoms with E-state index in [4.69, 9.17) is 13.7 Å². The number of nitrogens with zero attached hydrogens (tertiary/aromatic N) is 1. The van der Waals surface area contributed by atoms with Crippen LogP contribution in [0.4, 0.5) is 5.69 Å². The molecule has 0 saturated carbocycles. The Bertz CT molecular complexity index is 1280. The van der Waals surface area contributed by atoms with Crippen LogP contribution >= 0.6 is 0 Å². The van der Waals surface area contributed by atoms with Gasteiger partial charge in [0.15, 0.2) is 6.23 Å². The summed E-state index contributed by atoms with van der Waals surface area (Å²) in [5.74, 6) is -0.650. The van der Waals surface area contributed by atoms with E-state index in [0.29, 0.717) is 24.2 Å². The maximum Gasteiger partial charge on any atom is 0.307 e. The number of hydrogen-bond donors (Lipinski definition) is 2. The summed E-state index contributed by atoms with van der Waals surface area (Å²) in [5, 5.41) is 6.13. The van der Waals surface area contributed by atoms with Crippen molar-refractivity contribution in [1.29, 1.82) is 0 Å². The largest absolute Gasteiger partial charge is 0.463 e. The van der Waals surface area contributed by atoms with Crippen molar-refractivity contribution in [2.24, 2.45) is 0 Å². The van der Waals surface area contributed by atoms with Gasteiger partial charge in [-0.05, 0) is 83.0 Å². The molecule has 2 N–H and O–H groups in total. The maximum absolute atomic E-state index is 13.3. The molecule has 1 atom stereocenters. The van der Waals surface area contributed by atoms with Crippen LogP contribution in [0.3, 0.4) is 0 Å². The van der Waals surface area contributed by atoms with Crippen molar-refractivity contribution in [3.05, 3.63) is 59.2 Å². The number of carbonyl (C=O) groups is 2. The minimum atomic E-state index is -4.14. The van der Waals surface area contributed by atoms with E-state index < -0.39 is 16.3 Å². The number of carbonyl (C=O) groups excluding carboxylic acids is 2. The quantitative estimate of drug-likeness (QED) is 0.308. The lowest BCUT2D eigenvalue weighted by Crippen LogP contribution is -2.39. The lowest BCUT2D eigenvalue weighted by molar-refractivity contribution is -0.148. The molecule has 0 radical (unpaired) electrons. The number of nitrogens with one attached hydrogen (secondary N) is 2. The van der Waals surface area contributed by atoms with Crippen LogP contribution in [0, 0.1) is 6.92 Å². The Hall–Kier alpha value is -2.83. The average Bonchev–Trinajstić information content (AvgIpc) is 2.92. The zero-order valence-corrected chi connectivity index (χ0v) is 24.2. The van der Waals surface area contributed by atoms with Crippen LogP contribution in [0.1, 0.15) is 56.0 Å². The first-order valence-electron chi connectivity index (χ1n) is 13.8. The number of hydrogen-bond acceptors (Lipinski definition) is 9. The number of ether oxygens (including phenoxy) is 2. The summed E-state index contributed by atoms with van der Waals surface area (Å²) in [4.78, 5) is 26.8. The molecule has 2 aromatic carbocycles. The second-order valence-electron chi connectivity index (χ2n) is 10.5. The first-order chi connectivity index (χ1) is 19.1. The molecule has 0 aliphatic carbocycles. The highest BCUT2D eigenvalue weighted by molar-refractivity contribution is 7.86. The normalized spacial score (nSPS) is 18.4. The summed E-state index contributed by atoms with van der Waals surface area (Å²) >= 11 is 0. The molecule has 0 aromatic heterocycles. The van der Waals surface area contributed by atoms with Gasteiger partial charge >= 0.3 is 5.97 Å². The molecule has 1 unspecified atom stereocenters. The molecule has 2 aliphatic rings.